The molecular formula is C28H43NO5S. The fraction of sp³-hybridized carbons (Fsp3) is 0.857. The van der Waals surface area contributed by atoms with Crippen molar-refractivity contribution < 1.29 is 19.4 Å². The smallest absolute Gasteiger partial charge is 0.316 e. The van der Waals surface area contributed by atoms with Crippen LogP contribution in [0.2, 0.25) is 0 Å². The molecule has 6 unspecified atom stereocenters. The molecule has 6 nitrogen and oxygen atoms in total. The van der Waals surface area contributed by atoms with Crippen molar-refractivity contribution in [3.63, 3.8) is 0 Å². The van der Waals surface area contributed by atoms with Gasteiger partial charge < -0.3 is 9.84 Å². The van der Waals surface area contributed by atoms with Crippen LogP contribution in [0.4, 0.5) is 0 Å². The Bertz CT molecular complexity index is 864. The molecule has 10 atom stereocenters. The van der Waals surface area contributed by atoms with Gasteiger partial charge in [-0.2, -0.15) is 4.91 Å². The zero-order valence-electron chi connectivity index (χ0n) is 21.8. The molecule has 4 rings (SSSR count). The number of ketones is 1. The van der Waals surface area contributed by atoms with Crippen LogP contribution in [-0.4, -0.2) is 46.1 Å². The van der Waals surface area contributed by atoms with E-state index >= 15 is 0 Å². The summed E-state index contributed by atoms with van der Waals surface area (Å²) in [5.41, 5.74) is -1.37. The molecule has 4 saturated carbocycles. The summed E-state index contributed by atoms with van der Waals surface area (Å²) < 4.78 is 6.31. The van der Waals surface area contributed by atoms with Crippen LogP contribution in [0.25, 0.3) is 0 Å². The second-order valence-corrected chi connectivity index (χ2v) is 13.7. The maximum absolute atomic E-state index is 13.5. The van der Waals surface area contributed by atoms with Crippen LogP contribution in [0, 0.1) is 38.9 Å². The lowest BCUT2D eigenvalue weighted by Gasteiger charge is -2.61. The first-order valence-corrected chi connectivity index (χ1v) is 14.5. The van der Waals surface area contributed by atoms with Crippen LogP contribution >= 0.6 is 11.8 Å². The van der Waals surface area contributed by atoms with Crippen LogP contribution in [0.1, 0.15) is 85.5 Å². The number of Topliss-reactive ketones (excluding diaryl/α,β-unsaturated/α-hetero) is 1. The Morgan fingerprint density at radius 1 is 1.26 bits per heavy atom. The Balaban J connectivity index is 1.61. The van der Waals surface area contributed by atoms with E-state index in [0.717, 1.165) is 44.9 Å². The van der Waals surface area contributed by atoms with E-state index in [1.807, 2.05) is 13.0 Å². The molecule has 0 amide bonds. The average Bonchev–Trinajstić information content (AvgIpc) is 3.21. The number of aliphatic hydroxyl groups excluding tert-OH is 1. The van der Waals surface area contributed by atoms with Gasteiger partial charge in [-0.1, -0.05) is 45.4 Å². The molecule has 1 N–H and O–H groups in total. The number of aliphatic hydroxyl groups is 1. The summed E-state index contributed by atoms with van der Waals surface area (Å²) in [6.45, 7) is 12.6. The molecule has 0 aromatic carbocycles. The van der Waals surface area contributed by atoms with Gasteiger partial charge in [-0.15, -0.1) is 18.3 Å². The highest BCUT2D eigenvalue weighted by molar-refractivity contribution is 8.00. The Kier molecular flexibility index (Phi) is 7.61. The molecule has 0 saturated heterocycles. The third-order valence-corrected chi connectivity index (χ3v) is 12.1. The van der Waals surface area contributed by atoms with Crippen molar-refractivity contribution in [3.8, 4) is 0 Å². The number of rotatable bonds is 6. The summed E-state index contributed by atoms with van der Waals surface area (Å²) in [4.78, 5) is 37.7. The zero-order chi connectivity index (χ0) is 25.6. The van der Waals surface area contributed by atoms with Crippen LogP contribution < -0.4 is 0 Å². The second-order valence-electron chi connectivity index (χ2n) is 12.4. The van der Waals surface area contributed by atoms with Gasteiger partial charge in [0.1, 0.15) is 11.9 Å². The topological polar surface area (TPSA) is 93.0 Å². The molecule has 0 heterocycles. The van der Waals surface area contributed by atoms with Gasteiger partial charge in [-0.25, -0.2) is 0 Å². The van der Waals surface area contributed by atoms with Crippen molar-refractivity contribution in [1.82, 2.24) is 0 Å². The highest BCUT2D eigenvalue weighted by Gasteiger charge is 2.68. The summed E-state index contributed by atoms with van der Waals surface area (Å²) in [5.74, 6) is 0.205. The van der Waals surface area contributed by atoms with Gasteiger partial charge in [0.25, 0.3) is 0 Å². The molecule has 0 aromatic rings. The molecule has 0 radical (unpaired) electrons. The number of nitroso groups, excluding NO2 is 1. The van der Waals surface area contributed by atoms with Gasteiger partial charge in [0, 0.05) is 28.4 Å². The van der Waals surface area contributed by atoms with E-state index in [0.29, 0.717) is 12.8 Å². The second kappa shape index (κ2) is 9.92. The minimum atomic E-state index is -0.656. The quantitative estimate of drug-likeness (QED) is 0.283. The van der Waals surface area contributed by atoms with Crippen molar-refractivity contribution >= 4 is 23.5 Å². The lowest BCUT2D eigenvalue weighted by Crippen LogP contribution is -2.63. The summed E-state index contributed by atoms with van der Waals surface area (Å²) in [7, 11) is 0. The first kappa shape index (κ1) is 26.8. The van der Waals surface area contributed by atoms with Gasteiger partial charge in [0.2, 0.25) is 0 Å². The molecule has 196 valence electrons. The normalized spacial score (nSPS) is 47.8. The monoisotopic (exact) mass is 505 g/mol. The molecule has 0 aromatic heterocycles. The molecule has 7 heteroatoms. The average molecular weight is 506 g/mol. The minimum absolute atomic E-state index is 0.0355. The standard InChI is InChI=1S/C28H43NO5S/c1-6-26(4)15-22(34-23(31)16-35-20-9-7-8-19(14-20)29-33)27(5)17(2)10-12-28(18(3)25(26)32)13-11-21(30)24(27)28/h6,17-20,22,24-25,32H,1,7-16H2,2-5H3/t17?,18-,19?,20?,22+,24?,25?,26+,27-,28?/m0/s1. The number of carbonyl (C=O) groups excluding carboxylic acids is 2. The molecule has 4 aliphatic rings. The highest BCUT2D eigenvalue weighted by Crippen LogP contribution is 2.68. The van der Waals surface area contributed by atoms with Crippen LogP contribution in [0.15, 0.2) is 17.8 Å². The number of thioether (sulfide) groups is 1. The zero-order valence-corrected chi connectivity index (χ0v) is 22.6. The van der Waals surface area contributed by atoms with Gasteiger partial charge in [-0.3, -0.25) is 9.59 Å². The number of nitrogens with zero attached hydrogens (tertiary/aromatic N) is 1. The maximum atomic E-state index is 13.5. The van der Waals surface area contributed by atoms with Crippen molar-refractivity contribution in [1.29, 1.82) is 0 Å². The Morgan fingerprint density at radius 2 is 2.00 bits per heavy atom. The fourth-order valence-electron chi connectivity index (χ4n) is 8.25. The summed E-state index contributed by atoms with van der Waals surface area (Å²) >= 11 is 1.56. The van der Waals surface area contributed by atoms with Crippen molar-refractivity contribution in [3.05, 3.63) is 17.6 Å². The van der Waals surface area contributed by atoms with Gasteiger partial charge >= 0.3 is 5.97 Å². The SMILES string of the molecule is C=C[C@]1(C)C[C@@H](OC(=O)CSC2CCCC(N=O)C2)[C@]2(C)C(C)CCC3(CCC(=O)C32)[C@@H](C)C1O. The van der Waals surface area contributed by atoms with Crippen LogP contribution in [0.5, 0.6) is 0 Å². The largest absolute Gasteiger partial charge is 0.461 e. The van der Waals surface area contributed by atoms with Crippen molar-refractivity contribution in [2.24, 2.45) is 39.2 Å². The van der Waals surface area contributed by atoms with E-state index in [9.17, 15) is 19.6 Å². The molecule has 0 spiro atoms. The van der Waals surface area contributed by atoms with Crippen molar-refractivity contribution in [2.45, 2.75) is 109 Å². The number of hydrogen-bond acceptors (Lipinski definition) is 7. The third kappa shape index (κ3) is 4.43. The molecule has 4 aliphatic carbocycles. The van der Waals surface area contributed by atoms with Gasteiger partial charge in [0.05, 0.1) is 17.9 Å². The van der Waals surface area contributed by atoms with Crippen LogP contribution in [0.3, 0.4) is 0 Å². The van der Waals surface area contributed by atoms with Gasteiger partial charge in [-0.05, 0) is 62.2 Å². The predicted octanol–water partition coefficient (Wildman–Crippen LogP) is 5.70. The molecule has 4 fully saturated rings. The van der Waals surface area contributed by atoms with E-state index in [1.54, 1.807) is 11.8 Å². The van der Waals surface area contributed by atoms with Crippen molar-refractivity contribution in [2.75, 3.05) is 5.75 Å². The van der Waals surface area contributed by atoms with E-state index in [1.165, 1.54) is 0 Å². The van der Waals surface area contributed by atoms with E-state index in [-0.39, 0.29) is 52.0 Å². The molecule has 35 heavy (non-hydrogen) atoms. The number of ether oxygens (including phenoxy) is 1. The summed E-state index contributed by atoms with van der Waals surface area (Å²) in [6, 6.07) is -0.150. The number of esters is 1. The van der Waals surface area contributed by atoms with E-state index < -0.39 is 23.0 Å². The minimum Gasteiger partial charge on any atom is -0.461 e. The first-order chi connectivity index (χ1) is 16.5. The summed E-state index contributed by atoms with van der Waals surface area (Å²) in [6.07, 6.45) is 7.89. The van der Waals surface area contributed by atoms with Crippen LogP contribution in [-0.2, 0) is 14.3 Å². The fourth-order valence-corrected chi connectivity index (χ4v) is 9.38. The predicted molar refractivity (Wildman–Crippen MR) is 139 cm³/mol. The lowest BCUT2D eigenvalue weighted by molar-refractivity contribution is -0.205. The first-order valence-electron chi connectivity index (χ1n) is 13.5. The van der Waals surface area contributed by atoms with Gasteiger partial charge in [0.15, 0.2) is 0 Å². The highest BCUT2D eigenvalue weighted by atomic mass is 32.2. The Labute approximate surface area is 214 Å². The Morgan fingerprint density at radius 3 is 2.69 bits per heavy atom. The van der Waals surface area contributed by atoms with E-state index in [4.69, 9.17) is 4.74 Å². The summed E-state index contributed by atoms with van der Waals surface area (Å²) in [5, 5.41) is 15.1. The lowest BCUT2D eigenvalue weighted by atomic mass is 9.44. The maximum Gasteiger partial charge on any atom is 0.316 e. The Hall–Kier alpha value is -1.21. The number of carbonyl (C=O) groups is 2. The molecular weight excluding hydrogens is 462 g/mol. The molecule has 0 aliphatic heterocycles. The third-order valence-electron chi connectivity index (χ3n) is 10.8. The molecule has 2 bridgehead atoms. The number of hydrogen-bond donors (Lipinski definition) is 1. The van der Waals surface area contributed by atoms with E-state index in [2.05, 4.69) is 32.5 Å².